The van der Waals surface area contributed by atoms with Crippen LogP contribution in [0.4, 0.5) is 0 Å². The molecule has 3 heteroatoms. The highest BCUT2D eigenvalue weighted by atomic mass is 16.5. The molecule has 1 N–H and O–H groups in total. The third-order valence-electron chi connectivity index (χ3n) is 3.19. The van der Waals surface area contributed by atoms with Crippen LogP contribution in [0.2, 0.25) is 0 Å². The maximum absolute atomic E-state index is 10.8. The Labute approximate surface area is 113 Å². The monoisotopic (exact) mass is 257 g/mol. The number of ether oxygens (including phenoxy) is 1. The molecule has 0 aliphatic carbocycles. The third-order valence-corrected chi connectivity index (χ3v) is 3.19. The van der Waals surface area contributed by atoms with E-state index < -0.39 is 0 Å². The van der Waals surface area contributed by atoms with Gasteiger partial charge >= 0.3 is 5.97 Å². The predicted molar refractivity (Wildman–Crippen MR) is 76.7 cm³/mol. The minimum atomic E-state index is -0.130. The second-order valence-corrected chi connectivity index (χ2v) is 4.90. The molecule has 0 unspecified atom stereocenters. The number of carbonyl (C=O) groups excluding carboxylic acids is 1. The largest absolute Gasteiger partial charge is 0.469 e. The fourth-order valence-corrected chi connectivity index (χ4v) is 1.98. The van der Waals surface area contributed by atoms with Gasteiger partial charge in [-0.15, -0.1) is 0 Å². The molecule has 0 saturated heterocycles. The van der Waals surface area contributed by atoms with Crippen LogP contribution in [-0.4, -0.2) is 26.2 Å². The van der Waals surface area contributed by atoms with Gasteiger partial charge in [-0.3, -0.25) is 4.79 Å². The van der Waals surface area contributed by atoms with Gasteiger partial charge in [0.25, 0.3) is 0 Å². The van der Waals surface area contributed by atoms with Crippen molar-refractivity contribution < 1.29 is 9.53 Å². The van der Waals surface area contributed by atoms with E-state index in [0.29, 0.717) is 6.42 Å². The van der Waals surface area contributed by atoms with Gasteiger partial charge in [-0.2, -0.15) is 0 Å². The Balaban J connectivity index is 2.97. The topological polar surface area (TPSA) is 38.3 Å². The standard InChI is InChI=1S/C15H31NO2/c1-3-4-5-6-7-8-9-10-11-13-16-14-12-15(17)18-2/h16H,3-14H2,1-2H3. The Kier molecular flexibility index (Phi) is 14.0. The normalized spacial score (nSPS) is 10.6. The molecule has 0 aliphatic heterocycles. The SMILES string of the molecule is CCCCCCCCCCCNCCC(=O)OC. The Bertz CT molecular complexity index is 183. The van der Waals surface area contributed by atoms with Crippen LogP contribution in [0.3, 0.4) is 0 Å². The quantitative estimate of drug-likeness (QED) is 0.404. The molecular formula is C15H31NO2. The summed E-state index contributed by atoms with van der Waals surface area (Å²) in [5, 5.41) is 3.27. The molecule has 0 spiro atoms. The number of hydrogen-bond acceptors (Lipinski definition) is 3. The van der Waals surface area contributed by atoms with Crippen LogP contribution >= 0.6 is 0 Å². The number of unbranched alkanes of at least 4 members (excludes halogenated alkanes) is 8. The van der Waals surface area contributed by atoms with Crippen molar-refractivity contribution in [3.8, 4) is 0 Å². The number of nitrogens with one attached hydrogen (secondary N) is 1. The van der Waals surface area contributed by atoms with E-state index >= 15 is 0 Å². The first kappa shape index (κ1) is 17.4. The highest BCUT2D eigenvalue weighted by molar-refractivity contribution is 5.69. The van der Waals surface area contributed by atoms with Crippen LogP contribution in [0, 0.1) is 0 Å². The van der Waals surface area contributed by atoms with Crippen LogP contribution < -0.4 is 5.32 Å². The van der Waals surface area contributed by atoms with E-state index in [1.54, 1.807) is 0 Å². The van der Waals surface area contributed by atoms with E-state index in [2.05, 4.69) is 17.0 Å². The summed E-state index contributed by atoms with van der Waals surface area (Å²) in [4.78, 5) is 10.8. The predicted octanol–water partition coefficient (Wildman–Crippen LogP) is 3.67. The molecule has 0 fully saturated rings. The summed E-state index contributed by atoms with van der Waals surface area (Å²) in [6.07, 6.45) is 12.7. The molecule has 18 heavy (non-hydrogen) atoms. The maximum Gasteiger partial charge on any atom is 0.306 e. The smallest absolute Gasteiger partial charge is 0.306 e. The van der Waals surface area contributed by atoms with Crippen molar-refractivity contribution >= 4 is 5.97 Å². The summed E-state index contributed by atoms with van der Waals surface area (Å²) in [6.45, 7) is 4.02. The van der Waals surface area contributed by atoms with Gasteiger partial charge in [0.1, 0.15) is 0 Å². The van der Waals surface area contributed by atoms with Gasteiger partial charge in [-0.05, 0) is 13.0 Å². The lowest BCUT2D eigenvalue weighted by atomic mass is 10.1. The number of hydrogen-bond donors (Lipinski definition) is 1. The van der Waals surface area contributed by atoms with E-state index in [-0.39, 0.29) is 5.97 Å². The zero-order valence-electron chi connectivity index (χ0n) is 12.3. The summed E-state index contributed by atoms with van der Waals surface area (Å²) in [7, 11) is 1.43. The average molecular weight is 257 g/mol. The zero-order valence-corrected chi connectivity index (χ0v) is 12.3. The van der Waals surface area contributed by atoms with E-state index in [1.165, 1.54) is 64.9 Å². The molecule has 0 aromatic carbocycles. The van der Waals surface area contributed by atoms with E-state index in [1.807, 2.05) is 0 Å². The second-order valence-electron chi connectivity index (χ2n) is 4.90. The van der Waals surface area contributed by atoms with Crippen molar-refractivity contribution in [3.05, 3.63) is 0 Å². The van der Waals surface area contributed by atoms with Crippen molar-refractivity contribution in [2.45, 2.75) is 71.1 Å². The van der Waals surface area contributed by atoms with Gasteiger partial charge in [-0.1, -0.05) is 58.3 Å². The van der Waals surface area contributed by atoms with Crippen molar-refractivity contribution in [3.63, 3.8) is 0 Å². The lowest BCUT2D eigenvalue weighted by Gasteiger charge is -2.04. The zero-order chi connectivity index (χ0) is 13.5. The Hall–Kier alpha value is -0.570. The molecule has 0 atom stereocenters. The summed E-state index contributed by atoms with van der Waals surface area (Å²) < 4.78 is 4.57. The van der Waals surface area contributed by atoms with Crippen LogP contribution in [0.5, 0.6) is 0 Å². The molecular weight excluding hydrogens is 226 g/mol. The van der Waals surface area contributed by atoms with Crippen molar-refractivity contribution in [1.29, 1.82) is 0 Å². The fraction of sp³-hybridized carbons (Fsp3) is 0.933. The van der Waals surface area contributed by atoms with Crippen LogP contribution in [0.15, 0.2) is 0 Å². The Morgan fingerprint density at radius 1 is 0.889 bits per heavy atom. The van der Waals surface area contributed by atoms with E-state index in [9.17, 15) is 4.79 Å². The molecule has 0 saturated carbocycles. The minimum absolute atomic E-state index is 0.130. The van der Waals surface area contributed by atoms with E-state index in [0.717, 1.165) is 13.1 Å². The molecule has 0 aromatic heterocycles. The van der Waals surface area contributed by atoms with Crippen LogP contribution in [0.25, 0.3) is 0 Å². The lowest BCUT2D eigenvalue weighted by molar-refractivity contribution is -0.140. The van der Waals surface area contributed by atoms with Gasteiger partial charge < -0.3 is 10.1 Å². The first-order valence-corrected chi connectivity index (χ1v) is 7.58. The minimum Gasteiger partial charge on any atom is -0.469 e. The first-order valence-electron chi connectivity index (χ1n) is 7.58. The Morgan fingerprint density at radius 2 is 1.44 bits per heavy atom. The van der Waals surface area contributed by atoms with E-state index in [4.69, 9.17) is 0 Å². The summed E-state index contributed by atoms with van der Waals surface area (Å²) in [5.41, 5.74) is 0. The summed E-state index contributed by atoms with van der Waals surface area (Å²) >= 11 is 0. The molecule has 0 aromatic rings. The van der Waals surface area contributed by atoms with Gasteiger partial charge in [0.2, 0.25) is 0 Å². The van der Waals surface area contributed by atoms with Crippen LogP contribution in [-0.2, 0) is 9.53 Å². The van der Waals surface area contributed by atoms with Crippen molar-refractivity contribution in [2.75, 3.05) is 20.2 Å². The van der Waals surface area contributed by atoms with Gasteiger partial charge in [0, 0.05) is 6.54 Å². The molecule has 0 heterocycles. The van der Waals surface area contributed by atoms with Gasteiger partial charge in [0.15, 0.2) is 0 Å². The number of methoxy groups -OCH3 is 1. The molecule has 0 rings (SSSR count). The second kappa shape index (κ2) is 14.5. The molecule has 108 valence electrons. The van der Waals surface area contributed by atoms with Crippen LogP contribution in [0.1, 0.15) is 71.1 Å². The molecule has 3 nitrogen and oxygen atoms in total. The van der Waals surface area contributed by atoms with Crippen molar-refractivity contribution in [2.24, 2.45) is 0 Å². The summed E-state index contributed by atoms with van der Waals surface area (Å²) in [6, 6.07) is 0. The number of rotatable bonds is 13. The molecule has 0 bridgehead atoms. The fourth-order valence-electron chi connectivity index (χ4n) is 1.98. The third kappa shape index (κ3) is 13.5. The first-order chi connectivity index (χ1) is 8.81. The number of esters is 1. The lowest BCUT2D eigenvalue weighted by Crippen LogP contribution is -2.19. The summed E-state index contributed by atoms with van der Waals surface area (Å²) in [5.74, 6) is -0.130. The Morgan fingerprint density at radius 3 is 2.00 bits per heavy atom. The molecule has 0 radical (unpaired) electrons. The molecule has 0 aliphatic rings. The number of carbonyl (C=O) groups is 1. The van der Waals surface area contributed by atoms with Gasteiger partial charge in [-0.25, -0.2) is 0 Å². The van der Waals surface area contributed by atoms with Gasteiger partial charge in [0.05, 0.1) is 13.5 Å². The average Bonchev–Trinajstić information content (AvgIpc) is 2.39. The van der Waals surface area contributed by atoms with Crippen molar-refractivity contribution in [1.82, 2.24) is 5.32 Å². The maximum atomic E-state index is 10.8. The molecule has 0 amide bonds. The highest BCUT2D eigenvalue weighted by Crippen LogP contribution is 2.09. The highest BCUT2D eigenvalue weighted by Gasteiger charge is 1.98.